The second-order valence-electron chi connectivity index (χ2n) is 10.5. The molecule has 206 valence electrons. The molecule has 0 aliphatic carbocycles. The molecule has 3 amide bonds. The van der Waals surface area contributed by atoms with Crippen molar-refractivity contribution in [3.8, 4) is 0 Å². The molecule has 2 N–H and O–H groups in total. The first-order valence-electron chi connectivity index (χ1n) is 13.9. The Bertz CT molecular complexity index is 1610. The Morgan fingerprint density at radius 3 is 2.22 bits per heavy atom. The largest absolute Gasteiger partial charge is 0.323 e. The van der Waals surface area contributed by atoms with Crippen LogP contribution in [0.25, 0.3) is 0 Å². The van der Waals surface area contributed by atoms with Crippen LogP contribution >= 0.6 is 15.9 Å². The summed E-state index contributed by atoms with van der Waals surface area (Å²) < 4.78 is 0.724. The van der Waals surface area contributed by atoms with Crippen LogP contribution in [0.1, 0.15) is 47.2 Å². The number of para-hydroxylation sites is 2. The molecule has 2 aliphatic heterocycles. The maximum absolute atomic E-state index is 14.7. The summed E-state index contributed by atoms with van der Waals surface area (Å²) in [5.74, 6) is -1.82. The van der Waals surface area contributed by atoms with Crippen LogP contribution in [0.4, 0.5) is 16.2 Å². The van der Waals surface area contributed by atoms with Crippen molar-refractivity contribution >= 4 is 45.0 Å². The maximum atomic E-state index is 14.7. The Labute approximate surface area is 247 Å². The van der Waals surface area contributed by atoms with Crippen LogP contribution in [0.3, 0.4) is 0 Å². The SMILES string of the molecule is CCCC1C(c2ccccc2)C(C(=O)c2ccccc2)C2(C(=O)Nc3ccccc32)N1C(=O)Nc1ccccc1Br. The third-order valence-corrected chi connectivity index (χ3v) is 9.00. The number of halogens is 1. The second kappa shape index (κ2) is 11.0. The van der Waals surface area contributed by atoms with Crippen molar-refractivity contribution in [2.45, 2.75) is 37.3 Å². The average Bonchev–Trinajstić information content (AvgIpc) is 3.46. The molecule has 6 rings (SSSR count). The Morgan fingerprint density at radius 2 is 1.51 bits per heavy atom. The zero-order valence-corrected chi connectivity index (χ0v) is 24.2. The lowest BCUT2D eigenvalue weighted by molar-refractivity contribution is -0.126. The van der Waals surface area contributed by atoms with E-state index in [1.807, 2.05) is 97.1 Å². The van der Waals surface area contributed by atoms with E-state index in [1.165, 1.54) is 0 Å². The van der Waals surface area contributed by atoms with E-state index >= 15 is 0 Å². The van der Waals surface area contributed by atoms with Crippen LogP contribution in [0.5, 0.6) is 0 Å². The number of fused-ring (bicyclic) bond motifs is 2. The molecule has 2 heterocycles. The van der Waals surface area contributed by atoms with Gasteiger partial charge in [0.05, 0.1) is 11.6 Å². The molecular weight excluding hydrogens is 578 g/mol. The van der Waals surface area contributed by atoms with E-state index in [9.17, 15) is 14.4 Å². The molecule has 0 aromatic heterocycles. The van der Waals surface area contributed by atoms with Crippen molar-refractivity contribution < 1.29 is 14.4 Å². The van der Waals surface area contributed by atoms with Crippen LogP contribution in [-0.4, -0.2) is 28.7 Å². The van der Waals surface area contributed by atoms with Gasteiger partial charge >= 0.3 is 6.03 Å². The van der Waals surface area contributed by atoms with Crippen molar-refractivity contribution in [2.75, 3.05) is 10.6 Å². The highest BCUT2D eigenvalue weighted by Crippen LogP contribution is 2.59. The summed E-state index contributed by atoms with van der Waals surface area (Å²) >= 11 is 3.54. The van der Waals surface area contributed by atoms with Gasteiger partial charge in [0.25, 0.3) is 5.91 Å². The number of likely N-dealkylation sites (tertiary alicyclic amines) is 1. The van der Waals surface area contributed by atoms with Crippen LogP contribution in [-0.2, 0) is 10.3 Å². The number of urea groups is 1. The summed E-state index contributed by atoms with van der Waals surface area (Å²) in [7, 11) is 0. The molecule has 6 nitrogen and oxygen atoms in total. The number of ketones is 1. The molecule has 4 aromatic rings. The number of nitrogens with one attached hydrogen (secondary N) is 2. The summed E-state index contributed by atoms with van der Waals surface area (Å²) in [5.41, 5.74) is 1.72. The summed E-state index contributed by atoms with van der Waals surface area (Å²) in [6, 6.07) is 32.9. The highest BCUT2D eigenvalue weighted by atomic mass is 79.9. The Morgan fingerprint density at radius 1 is 0.878 bits per heavy atom. The molecule has 7 heteroatoms. The van der Waals surface area contributed by atoms with Gasteiger partial charge in [0.2, 0.25) is 0 Å². The fraction of sp³-hybridized carbons (Fsp3) is 0.206. The second-order valence-corrected chi connectivity index (χ2v) is 11.4. The highest BCUT2D eigenvalue weighted by Gasteiger charge is 2.70. The Hall–Kier alpha value is -4.23. The van der Waals surface area contributed by atoms with Gasteiger partial charge in [-0.15, -0.1) is 0 Å². The summed E-state index contributed by atoms with van der Waals surface area (Å²) in [5, 5.41) is 6.10. The zero-order valence-electron chi connectivity index (χ0n) is 22.6. The third-order valence-electron chi connectivity index (χ3n) is 8.31. The molecule has 1 fully saturated rings. The van der Waals surface area contributed by atoms with Gasteiger partial charge in [-0.1, -0.05) is 104 Å². The average molecular weight is 609 g/mol. The van der Waals surface area contributed by atoms with E-state index in [-0.39, 0.29) is 11.7 Å². The fourth-order valence-corrected chi connectivity index (χ4v) is 7.13. The summed E-state index contributed by atoms with van der Waals surface area (Å²) in [4.78, 5) is 45.4. The smallest absolute Gasteiger partial charge is 0.323 e. The van der Waals surface area contributed by atoms with Gasteiger partial charge in [-0.2, -0.15) is 0 Å². The minimum absolute atomic E-state index is 0.163. The number of hydrogen-bond acceptors (Lipinski definition) is 3. The highest BCUT2D eigenvalue weighted by molar-refractivity contribution is 9.10. The molecule has 0 radical (unpaired) electrons. The van der Waals surface area contributed by atoms with Crippen molar-refractivity contribution in [3.63, 3.8) is 0 Å². The number of Topliss-reactive ketones (excluding diaryl/α,β-unsaturated/α-hetero) is 1. The fourth-order valence-electron chi connectivity index (χ4n) is 6.74. The minimum atomic E-state index is -1.56. The predicted octanol–water partition coefficient (Wildman–Crippen LogP) is 7.60. The Kier molecular flexibility index (Phi) is 7.22. The number of nitrogens with zero attached hydrogens (tertiary/aromatic N) is 1. The first-order valence-corrected chi connectivity index (χ1v) is 14.7. The lowest BCUT2D eigenvalue weighted by atomic mass is 9.69. The van der Waals surface area contributed by atoms with Gasteiger partial charge in [-0.25, -0.2) is 4.79 Å². The number of amides is 3. The molecule has 1 saturated heterocycles. The van der Waals surface area contributed by atoms with Gasteiger partial charge in [0.1, 0.15) is 0 Å². The van der Waals surface area contributed by atoms with Gasteiger partial charge in [0, 0.05) is 33.2 Å². The van der Waals surface area contributed by atoms with Crippen LogP contribution in [0.15, 0.2) is 114 Å². The van der Waals surface area contributed by atoms with Gasteiger partial charge in [0.15, 0.2) is 11.3 Å². The standard InChI is InChI=1S/C34H30BrN3O3/c1-2-13-28-29(22-14-5-3-6-15-22)30(31(39)23-16-7-4-8-17-23)34(24-18-9-11-20-26(24)36-32(34)40)38(28)33(41)37-27-21-12-10-19-25(27)35/h3-12,14-21,28-30H,2,13H2,1H3,(H,36,40)(H,37,41). The van der Waals surface area contributed by atoms with Crippen molar-refractivity contribution in [1.29, 1.82) is 0 Å². The normalized spacial score (nSPS) is 22.8. The van der Waals surface area contributed by atoms with Crippen molar-refractivity contribution in [1.82, 2.24) is 4.90 Å². The summed E-state index contributed by atoms with van der Waals surface area (Å²) in [6.07, 6.45) is 1.37. The number of hydrogen-bond donors (Lipinski definition) is 2. The lowest BCUT2D eigenvalue weighted by Gasteiger charge is -2.39. The van der Waals surface area contributed by atoms with E-state index in [0.29, 0.717) is 28.9 Å². The number of carbonyl (C=O) groups excluding carboxylic acids is 3. The topological polar surface area (TPSA) is 78.5 Å². The number of rotatable bonds is 6. The number of anilines is 2. The molecule has 4 atom stereocenters. The van der Waals surface area contributed by atoms with E-state index in [1.54, 1.807) is 17.0 Å². The van der Waals surface area contributed by atoms with Gasteiger partial charge < -0.3 is 15.5 Å². The summed E-state index contributed by atoms with van der Waals surface area (Å²) in [6.45, 7) is 2.06. The first-order chi connectivity index (χ1) is 20.0. The monoisotopic (exact) mass is 607 g/mol. The molecule has 4 aromatic carbocycles. The molecule has 2 aliphatic rings. The van der Waals surface area contributed by atoms with Crippen LogP contribution < -0.4 is 10.6 Å². The minimum Gasteiger partial charge on any atom is -0.323 e. The van der Waals surface area contributed by atoms with E-state index in [4.69, 9.17) is 0 Å². The molecular formula is C34H30BrN3O3. The third kappa shape index (κ3) is 4.36. The van der Waals surface area contributed by atoms with Gasteiger partial charge in [-0.05, 0) is 46.1 Å². The number of benzene rings is 4. The first kappa shape index (κ1) is 27.0. The molecule has 1 spiro atoms. The van der Waals surface area contributed by atoms with Crippen molar-refractivity contribution in [3.05, 3.63) is 130 Å². The van der Waals surface area contributed by atoms with E-state index in [2.05, 4.69) is 33.5 Å². The van der Waals surface area contributed by atoms with Crippen molar-refractivity contribution in [2.24, 2.45) is 5.92 Å². The van der Waals surface area contributed by atoms with E-state index < -0.39 is 29.4 Å². The maximum Gasteiger partial charge on any atom is 0.323 e. The molecule has 4 unspecified atom stereocenters. The molecule has 0 saturated carbocycles. The lowest BCUT2D eigenvalue weighted by Crippen LogP contribution is -2.57. The van der Waals surface area contributed by atoms with Crippen LogP contribution in [0, 0.1) is 5.92 Å². The predicted molar refractivity (Wildman–Crippen MR) is 164 cm³/mol. The molecule has 0 bridgehead atoms. The zero-order chi connectivity index (χ0) is 28.6. The van der Waals surface area contributed by atoms with E-state index in [0.717, 1.165) is 16.5 Å². The number of carbonyl (C=O) groups is 3. The molecule has 41 heavy (non-hydrogen) atoms. The van der Waals surface area contributed by atoms with Crippen LogP contribution in [0.2, 0.25) is 0 Å². The van der Waals surface area contributed by atoms with Gasteiger partial charge in [-0.3, -0.25) is 9.59 Å². The Balaban J connectivity index is 1.63. The quantitative estimate of drug-likeness (QED) is 0.222.